The maximum atomic E-state index is 4.33. The average Bonchev–Trinajstić information content (AvgIpc) is 2.94. The first-order chi connectivity index (χ1) is 10.7. The Morgan fingerprint density at radius 3 is 2.65 bits per heavy atom. The lowest BCUT2D eigenvalue weighted by molar-refractivity contribution is 0.185. The summed E-state index contributed by atoms with van der Waals surface area (Å²) in [5.41, 5.74) is 1.36. The van der Waals surface area contributed by atoms with Crippen LogP contribution in [0.15, 0.2) is 16.4 Å². The molecule has 1 aliphatic heterocycles. The Bertz CT molecular complexity index is 467. The lowest BCUT2D eigenvalue weighted by atomic mass is 9.97. The second-order valence-electron chi connectivity index (χ2n) is 6.12. The molecule has 2 N–H and O–H groups in total. The third-order valence-electron chi connectivity index (χ3n) is 4.41. The van der Waals surface area contributed by atoms with Crippen molar-refractivity contribution < 1.29 is 0 Å². The minimum absolute atomic E-state index is 0. The van der Waals surface area contributed by atoms with Crippen LogP contribution in [-0.4, -0.2) is 44.1 Å². The van der Waals surface area contributed by atoms with Crippen molar-refractivity contribution >= 4 is 41.3 Å². The van der Waals surface area contributed by atoms with Crippen LogP contribution in [0.5, 0.6) is 0 Å². The van der Waals surface area contributed by atoms with Gasteiger partial charge in [-0.25, -0.2) is 0 Å². The van der Waals surface area contributed by atoms with E-state index in [-0.39, 0.29) is 24.0 Å². The summed E-state index contributed by atoms with van der Waals surface area (Å²) in [5.74, 6) is 1.69. The predicted octanol–water partition coefficient (Wildman–Crippen LogP) is 3.46. The van der Waals surface area contributed by atoms with Crippen LogP contribution >= 0.6 is 35.3 Å². The molecule has 0 bridgehead atoms. The normalized spacial score (nSPS) is 16.9. The molecule has 1 aromatic heterocycles. The van der Waals surface area contributed by atoms with E-state index in [1.807, 2.05) is 7.05 Å². The molecule has 1 fully saturated rings. The molecule has 0 spiro atoms. The zero-order chi connectivity index (χ0) is 15.8. The molecule has 132 valence electrons. The fourth-order valence-corrected chi connectivity index (χ4v) is 3.79. The smallest absolute Gasteiger partial charge is 0.191 e. The Kier molecular flexibility index (Phi) is 10.1. The largest absolute Gasteiger partial charge is 0.356 e. The summed E-state index contributed by atoms with van der Waals surface area (Å²) in [5, 5.41) is 9.06. The molecular formula is C17H31IN4S. The van der Waals surface area contributed by atoms with Crippen LogP contribution in [0.2, 0.25) is 0 Å². The first-order valence-corrected chi connectivity index (χ1v) is 9.30. The summed E-state index contributed by atoms with van der Waals surface area (Å²) in [6, 6.07) is 2.17. The Labute approximate surface area is 162 Å². The summed E-state index contributed by atoms with van der Waals surface area (Å²) in [6.45, 7) is 10.1. The molecule has 23 heavy (non-hydrogen) atoms. The quantitative estimate of drug-likeness (QED) is 0.396. The minimum atomic E-state index is 0. The highest BCUT2D eigenvalue weighted by molar-refractivity contribution is 14.0. The fourth-order valence-electron chi connectivity index (χ4n) is 2.94. The molecule has 2 heterocycles. The van der Waals surface area contributed by atoms with Crippen LogP contribution in [0, 0.1) is 12.8 Å². The highest BCUT2D eigenvalue weighted by atomic mass is 127. The summed E-state index contributed by atoms with van der Waals surface area (Å²) in [6.07, 6.45) is 3.86. The Hall–Kier alpha value is -0.340. The Balaban J connectivity index is 0.00000264. The van der Waals surface area contributed by atoms with Crippen molar-refractivity contribution in [3.8, 4) is 0 Å². The number of hydrogen-bond donors (Lipinski definition) is 2. The second kappa shape index (κ2) is 11.3. The van der Waals surface area contributed by atoms with Crippen molar-refractivity contribution in [2.45, 2.75) is 39.7 Å². The van der Waals surface area contributed by atoms with Crippen LogP contribution in [0.1, 0.15) is 36.6 Å². The molecule has 0 unspecified atom stereocenters. The van der Waals surface area contributed by atoms with Gasteiger partial charge in [0.2, 0.25) is 0 Å². The van der Waals surface area contributed by atoms with Crippen molar-refractivity contribution in [2.24, 2.45) is 10.9 Å². The molecule has 0 saturated carbocycles. The summed E-state index contributed by atoms with van der Waals surface area (Å²) >= 11 is 1.80. The van der Waals surface area contributed by atoms with E-state index in [4.69, 9.17) is 0 Å². The van der Waals surface area contributed by atoms with E-state index < -0.39 is 0 Å². The van der Waals surface area contributed by atoms with Gasteiger partial charge < -0.3 is 15.5 Å². The van der Waals surface area contributed by atoms with E-state index >= 15 is 0 Å². The number of guanidine groups is 1. The van der Waals surface area contributed by atoms with Gasteiger partial charge in [0, 0.05) is 18.5 Å². The van der Waals surface area contributed by atoms with Crippen LogP contribution in [0.3, 0.4) is 0 Å². The predicted molar refractivity (Wildman–Crippen MR) is 112 cm³/mol. The van der Waals surface area contributed by atoms with Gasteiger partial charge in [0.25, 0.3) is 0 Å². The number of thiophene rings is 1. The molecule has 2 rings (SSSR count). The van der Waals surface area contributed by atoms with Gasteiger partial charge in [-0.05, 0) is 68.7 Å². The molecule has 0 aliphatic carbocycles. The number of rotatable bonds is 6. The van der Waals surface area contributed by atoms with Crippen LogP contribution in [0.4, 0.5) is 0 Å². The average molecular weight is 450 g/mol. The van der Waals surface area contributed by atoms with Gasteiger partial charge in [0.15, 0.2) is 5.96 Å². The van der Waals surface area contributed by atoms with Gasteiger partial charge in [-0.1, -0.05) is 6.92 Å². The maximum Gasteiger partial charge on any atom is 0.191 e. The van der Waals surface area contributed by atoms with Crippen LogP contribution in [-0.2, 0) is 6.54 Å². The van der Waals surface area contributed by atoms with Gasteiger partial charge in [0.1, 0.15) is 0 Å². The summed E-state index contributed by atoms with van der Waals surface area (Å²) in [4.78, 5) is 8.31. The van der Waals surface area contributed by atoms with Gasteiger partial charge in [-0.3, -0.25) is 4.99 Å². The van der Waals surface area contributed by atoms with E-state index in [0.717, 1.165) is 25.0 Å². The van der Waals surface area contributed by atoms with E-state index in [9.17, 15) is 0 Å². The highest BCUT2D eigenvalue weighted by Gasteiger charge is 2.18. The molecule has 1 aliphatic rings. The van der Waals surface area contributed by atoms with Gasteiger partial charge >= 0.3 is 0 Å². The number of piperidine rings is 1. The van der Waals surface area contributed by atoms with Gasteiger partial charge in [-0.15, -0.1) is 35.3 Å². The first kappa shape index (κ1) is 20.7. The molecule has 0 aromatic carbocycles. The van der Waals surface area contributed by atoms with Crippen molar-refractivity contribution in [1.29, 1.82) is 0 Å². The first-order valence-electron chi connectivity index (χ1n) is 8.42. The lowest BCUT2D eigenvalue weighted by Crippen LogP contribution is -2.42. The van der Waals surface area contributed by atoms with E-state index in [0.29, 0.717) is 0 Å². The number of nitrogens with one attached hydrogen (secondary N) is 2. The molecule has 0 amide bonds. The molecule has 1 saturated heterocycles. The number of hydrogen-bond acceptors (Lipinski definition) is 3. The molecule has 0 atom stereocenters. The molecule has 0 radical (unpaired) electrons. The fraction of sp³-hybridized carbons (Fsp3) is 0.706. The summed E-state index contributed by atoms with van der Waals surface area (Å²) < 4.78 is 0. The maximum absolute atomic E-state index is 4.33. The van der Waals surface area contributed by atoms with Gasteiger partial charge in [-0.2, -0.15) is 0 Å². The van der Waals surface area contributed by atoms with E-state index in [1.54, 1.807) is 11.3 Å². The Morgan fingerprint density at radius 1 is 1.35 bits per heavy atom. The lowest BCUT2D eigenvalue weighted by Gasteiger charge is -2.32. The minimum Gasteiger partial charge on any atom is -0.356 e. The SMILES string of the molecule is CCCN1CCC(CNC(=NC)NCc2sccc2C)CC1.I. The Morgan fingerprint density at radius 2 is 2.09 bits per heavy atom. The zero-order valence-electron chi connectivity index (χ0n) is 14.6. The number of likely N-dealkylation sites (tertiary alicyclic amines) is 1. The second-order valence-corrected chi connectivity index (χ2v) is 7.12. The van der Waals surface area contributed by atoms with Crippen molar-refractivity contribution in [2.75, 3.05) is 33.2 Å². The number of aryl methyl sites for hydroxylation is 1. The topological polar surface area (TPSA) is 39.7 Å². The highest BCUT2D eigenvalue weighted by Crippen LogP contribution is 2.17. The number of nitrogens with zero attached hydrogens (tertiary/aromatic N) is 2. The van der Waals surface area contributed by atoms with E-state index in [2.05, 4.69) is 45.8 Å². The van der Waals surface area contributed by atoms with Crippen molar-refractivity contribution in [3.63, 3.8) is 0 Å². The van der Waals surface area contributed by atoms with Gasteiger partial charge in [0.05, 0.1) is 6.54 Å². The van der Waals surface area contributed by atoms with Crippen molar-refractivity contribution in [3.05, 3.63) is 21.9 Å². The third kappa shape index (κ3) is 6.97. The zero-order valence-corrected chi connectivity index (χ0v) is 17.7. The monoisotopic (exact) mass is 450 g/mol. The van der Waals surface area contributed by atoms with Crippen LogP contribution < -0.4 is 10.6 Å². The van der Waals surface area contributed by atoms with Crippen LogP contribution in [0.25, 0.3) is 0 Å². The van der Waals surface area contributed by atoms with Crippen molar-refractivity contribution in [1.82, 2.24) is 15.5 Å². The standard InChI is InChI=1S/C17H30N4S.HI/c1-4-8-21-9-5-15(6-10-21)12-19-17(18-3)20-13-16-14(2)7-11-22-16;/h7,11,15H,4-6,8-10,12-13H2,1-3H3,(H2,18,19,20);1H. The van der Waals surface area contributed by atoms with E-state index in [1.165, 1.54) is 49.3 Å². The number of halogens is 1. The molecule has 1 aromatic rings. The molecular weight excluding hydrogens is 419 g/mol. The summed E-state index contributed by atoms with van der Waals surface area (Å²) in [7, 11) is 1.85. The number of aliphatic imine (C=N–C) groups is 1. The third-order valence-corrected chi connectivity index (χ3v) is 5.44. The molecule has 6 heteroatoms. The molecule has 4 nitrogen and oxygen atoms in total.